The van der Waals surface area contributed by atoms with E-state index in [1.165, 1.54) is 21.3 Å². The number of esters is 1. The largest absolute Gasteiger partial charge is 0.493 e. The van der Waals surface area contributed by atoms with E-state index in [0.717, 1.165) is 18.7 Å². The molecule has 0 atom stereocenters. The van der Waals surface area contributed by atoms with Gasteiger partial charge in [0.1, 0.15) is 11.2 Å². The van der Waals surface area contributed by atoms with Crippen molar-refractivity contribution in [3.8, 4) is 17.2 Å². The van der Waals surface area contributed by atoms with Crippen molar-refractivity contribution in [1.29, 1.82) is 0 Å². The van der Waals surface area contributed by atoms with Gasteiger partial charge in [0, 0.05) is 12.8 Å². The first kappa shape index (κ1) is 19.0. The molecule has 1 saturated heterocycles. The van der Waals surface area contributed by atoms with Crippen molar-refractivity contribution >= 4 is 5.97 Å². The number of rotatable bonds is 6. The fourth-order valence-corrected chi connectivity index (χ4v) is 3.52. The Morgan fingerprint density at radius 1 is 0.889 bits per heavy atom. The minimum absolute atomic E-state index is 0.305. The first-order valence-electron chi connectivity index (χ1n) is 8.94. The molecule has 0 saturated carbocycles. The molecule has 1 fully saturated rings. The van der Waals surface area contributed by atoms with E-state index >= 15 is 0 Å². The number of ether oxygens (including phenoxy) is 4. The van der Waals surface area contributed by atoms with Crippen molar-refractivity contribution in [2.24, 2.45) is 0 Å². The van der Waals surface area contributed by atoms with E-state index in [-0.39, 0.29) is 0 Å². The van der Waals surface area contributed by atoms with Crippen LogP contribution in [-0.4, -0.2) is 40.4 Å². The predicted molar refractivity (Wildman–Crippen MR) is 102 cm³/mol. The third-order valence-electron chi connectivity index (χ3n) is 4.92. The van der Waals surface area contributed by atoms with Gasteiger partial charge in [-0.05, 0) is 30.8 Å². The van der Waals surface area contributed by atoms with Crippen LogP contribution in [0, 0.1) is 0 Å². The zero-order chi connectivity index (χ0) is 19.3. The molecule has 0 amide bonds. The Kier molecular flexibility index (Phi) is 5.86. The average Bonchev–Trinajstić information content (AvgIpc) is 2.73. The van der Waals surface area contributed by atoms with Gasteiger partial charge in [-0.2, -0.15) is 0 Å². The lowest BCUT2D eigenvalue weighted by atomic mass is 9.84. The highest BCUT2D eigenvalue weighted by molar-refractivity contribution is 5.94. The topological polar surface area (TPSA) is 66.0 Å². The molecule has 0 spiro atoms. The van der Waals surface area contributed by atoms with Crippen molar-refractivity contribution in [2.45, 2.75) is 18.4 Å². The molecule has 0 unspecified atom stereocenters. The predicted octanol–water partition coefficient (Wildman–Crippen LogP) is 3.15. The lowest BCUT2D eigenvalue weighted by Gasteiger charge is -2.37. The number of benzene rings is 2. The van der Waals surface area contributed by atoms with Crippen molar-refractivity contribution < 1.29 is 23.7 Å². The van der Waals surface area contributed by atoms with Gasteiger partial charge in [-0.1, -0.05) is 30.3 Å². The lowest BCUT2D eigenvalue weighted by molar-refractivity contribution is -0.0380. The third kappa shape index (κ3) is 3.71. The van der Waals surface area contributed by atoms with Gasteiger partial charge in [0.15, 0.2) is 11.5 Å². The highest BCUT2D eigenvalue weighted by Crippen LogP contribution is 2.42. The molecule has 2 aromatic rings. The number of nitrogens with one attached hydrogen (secondary N) is 1. The fourth-order valence-electron chi connectivity index (χ4n) is 3.52. The number of methoxy groups -OCH3 is 3. The Bertz CT molecular complexity index is 785. The van der Waals surface area contributed by atoms with Crippen LogP contribution in [0.25, 0.3) is 0 Å². The minimum Gasteiger partial charge on any atom is -0.493 e. The van der Waals surface area contributed by atoms with Crippen LogP contribution in [-0.2, 0) is 10.3 Å². The summed E-state index contributed by atoms with van der Waals surface area (Å²) in [5.41, 5.74) is 0.644. The molecule has 2 aromatic carbocycles. The maximum Gasteiger partial charge on any atom is 0.342 e. The number of hydrogen-bond donors (Lipinski definition) is 1. The van der Waals surface area contributed by atoms with Crippen molar-refractivity contribution in [3.63, 3.8) is 0 Å². The van der Waals surface area contributed by atoms with Crippen LogP contribution in [0.15, 0.2) is 42.5 Å². The molecule has 6 heteroatoms. The Labute approximate surface area is 159 Å². The second-order valence-corrected chi connectivity index (χ2v) is 6.38. The van der Waals surface area contributed by atoms with Crippen LogP contribution in [0.1, 0.15) is 28.8 Å². The SMILES string of the molecule is COc1ccc(C(=O)OC2(c3ccccc3)CCNCC2)c(OC)c1OC. The second kappa shape index (κ2) is 8.31. The van der Waals surface area contributed by atoms with Crippen LogP contribution >= 0.6 is 0 Å². The summed E-state index contributed by atoms with van der Waals surface area (Å²) in [6.45, 7) is 1.57. The van der Waals surface area contributed by atoms with Gasteiger partial charge < -0.3 is 24.3 Å². The second-order valence-electron chi connectivity index (χ2n) is 6.38. The number of carbonyl (C=O) groups excluding carboxylic acids is 1. The van der Waals surface area contributed by atoms with Gasteiger partial charge in [-0.3, -0.25) is 0 Å². The van der Waals surface area contributed by atoms with Crippen LogP contribution in [0.4, 0.5) is 0 Å². The summed E-state index contributed by atoms with van der Waals surface area (Å²) in [6.07, 6.45) is 1.41. The van der Waals surface area contributed by atoms with Crippen molar-refractivity contribution in [2.75, 3.05) is 34.4 Å². The molecule has 1 aliphatic heterocycles. The molecular weight excluding hydrogens is 346 g/mol. The lowest BCUT2D eigenvalue weighted by Crippen LogP contribution is -2.43. The Morgan fingerprint density at radius 2 is 1.56 bits per heavy atom. The molecule has 27 heavy (non-hydrogen) atoms. The monoisotopic (exact) mass is 371 g/mol. The molecule has 3 rings (SSSR count). The first-order valence-corrected chi connectivity index (χ1v) is 8.94. The molecular formula is C21H25NO5. The molecule has 144 valence electrons. The zero-order valence-electron chi connectivity index (χ0n) is 15.9. The first-order chi connectivity index (χ1) is 13.1. The van der Waals surface area contributed by atoms with Gasteiger partial charge >= 0.3 is 5.97 Å². The van der Waals surface area contributed by atoms with Crippen LogP contribution in [0.2, 0.25) is 0 Å². The van der Waals surface area contributed by atoms with E-state index in [0.29, 0.717) is 35.7 Å². The summed E-state index contributed by atoms with van der Waals surface area (Å²) in [7, 11) is 4.54. The Balaban J connectivity index is 1.97. The molecule has 0 aromatic heterocycles. The van der Waals surface area contributed by atoms with Gasteiger partial charge in [0.05, 0.1) is 21.3 Å². The minimum atomic E-state index is -0.665. The van der Waals surface area contributed by atoms with E-state index < -0.39 is 11.6 Å². The molecule has 1 aliphatic rings. The zero-order valence-corrected chi connectivity index (χ0v) is 15.9. The summed E-state index contributed by atoms with van der Waals surface area (Å²) in [5.74, 6) is 0.719. The number of hydrogen-bond acceptors (Lipinski definition) is 6. The molecule has 0 radical (unpaired) electrons. The van der Waals surface area contributed by atoms with Crippen molar-refractivity contribution in [3.05, 3.63) is 53.6 Å². The van der Waals surface area contributed by atoms with E-state index in [1.807, 2.05) is 30.3 Å². The standard InChI is InChI=1S/C21H25NO5/c1-24-17-10-9-16(18(25-2)19(17)26-3)20(23)27-21(11-13-22-14-12-21)15-7-5-4-6-8-15/h4-10,22H,11-14H2,1-3H3. The van der Waals surface area contributed by atoms with Gasteiger partial charge in [0.2, 0.25) is 5.75 Å². The average molecular weight is 371 g/mol. The van der Waals surface area contributed by atoms with E-state index in [1.54, 1.807) is 12.1 Å². The Hall–Kier alpha value is -2.73. The quantitative estimate of drug-likeness (QED) is 0.787. The number of carbonyl (C=O) groups is 1. The molecule has 6 nitrogen and oxygen atoms in total. The third-order valence-corrected chi connectivity index (χ3v) is 4.92. The van der Waals surface area contributed by atoms with E-state index in [2.05, 4.69) is 5.32 Å². The molecule has 1 N–H and O–H groups in total. The van der Waals surface area contributed by atoms with Gasteiger partial charge in [-0.25, -0.2) is 4.79 Å². The van der Waals surface area contributed by atoms with Crippen molar-refractivity contribution in [1.82, 2.24) is 5.32 Å². The molecule has 0 aliphatic carbocycles. The van der Waals surface area contributed by atoms with E-state index in [9.17, 15) is 4.79 Å². The summed E-state index contributed by atoms with van der Waals surface area (Å²) in [5, 5.41) is 3.33. The normalized spacial score (nSPS) is 15.7. The molecule has 0 bridgehead atoms. The number of piperidine rings is 1. The summed E-state index contributed by atoms with van der Waals surface area (Å²) >= 11 is 0. The Morgan fingerprint density at radius 3 is 2.15 bits per heavy atom. The maximum absolute atomic E-state index is 13.1. The van der Waals surface area contributed by atoms with E-state index in [4.69, 9.17) is 18.9 Å². The highest BCUT2D eigenvalue weighted by Gasteiger charge is 2.39. The van der Waals surface area contributed by atoms with Crippen LogP contribution in [0.5, 0.6) is 17.2 Å². The maximum atomic E-state index is 13.1. The van der Waals surface area contributed by atoms with Crippen LogP contribution < -0.4 is 19.5 Å². The fraction of sp³-hybridized carbons (Fsp3) is 0.381. The summed E-state index contributed by atoms with van der Waals surface area (Å²) in [4.78, 5) is 13.1. The highest BCUT2D eigenvalue weighted by atomic mass is 16.6. The van der Waals surface area contributed by atoms with Gasteiger partial charge in [-0.15, -0.1) is 0 Å². The molecule has 1 heterocycles. The van der Waals surface area contributed by atoms with Gasteiger partial charge in [0.25, 0.3) is 0 Å². The smallest absolute Gasteiger partial charge is 0.342 e. The summed E-state index contributed by atoms with van der Waals surface area (Å²) in [6, 6.07) is 13.2. The van der Waals surface area contributed by atoms with Crippen LogP contribution in [0.3, 0.4) is 0 Å². The summed E-state index contributed by atoms with van der Waals surface area (Å²) < 4.78 is 22.2.